The molecule has 4 heteroatoms. The second-order valence-corrected chi connectivity index (χ2v) is 5.13. The fraction of sp³-hybridized carbons (Fsp3) is 0.214. The number of rotatable bonds is 5. The van der Waals surface area contributed by atoms with Gasteiger partial charge < -0.3 is 10.5 Å². The topological polar surface area (TPSA) is 48.1 Å². The van der Waals surface area contributed by atoms with Crippen molar-refractivity contribution in [2.75, 3.05) is 5.73 Å². The summed E-state index contributed by atoms with van der Waals surface area (Å²) in [5.41, 5.74) is 7.40. The second-order valence-electron chi connectivity index (χ2n) is 3.97. The summed E-state index contributed by atoms with van der Waals surface area (Å²) < 4.78 is 5.71. The Morgan fingerprint density at radius 3 is 2.78 bits per heavy atom. The van der Waals surface area contributed by atoms with E-state index in [1.54, 1.807) is 11.3 Å². The first-order valence-electron chi connectivity index (χ1n) is 5.73. The lowest BCUT2D eigenvalue weighted by Crippen LogP contribution is -1.95. The maximum Gasteiger partial charge on any atom is 0.124 e. The molecule has 0 unspecified atom stereocenters. The van der Waals surface area contributed by atoms with E-state index in [0.29, 0.717) is 6.61 Å². The molecule has 0 radical (unpaired) electrons. The molecule has 1 heterocycles. The molecule has 1 aromatic heterocycles. The number of anilines is 1. The number of nitrogens with two attached hydrogens (primary N) is 1. The zero-order valence-corrected chi connectivity index (χ0v) is 11.2. The number of aromatic nitrogens is 1. The number of thiazole rings is 1. The average Bonchev–Trinajstić information content (AvgIpc) is 2.70. The summed E-state index contributed by atoms with van der Waals surface area (Å²) in [6.45, 7) is 6.27. The van der Waals surface area contributed by atoms with Crippen LogP contribution < -0.4 is 10.5 Å². The minimum atomic E-state index is 0.546. The van der Waals surface area contributed by atoms with Gasteiger partial charge in [-0.05, 0) is 31.2 Å². The standard InChI is InChI=1S/C14H16N2OS/c1-3-4-14-16-10(2)13(18-14)9-17-12-7-5-11(15)6-8-12/h3,5-8H,1,4,9,15H2,2H3. The Balaban J connectivity index is 2.01. The fourth-order valence-corrected chi connectivity index (χ4v) is 2.53. The molecule has 18 heavy (non-hydrogen) atoms. The van der Waals surface area contributed by atoms with Gasteiger partial charge in [-0.2, -0.15) is 0 Å². The Morgan fingerprint density at radius 2 is 2.11 bits per heavy atom. The molecular formula is C14H16N2OS. The molecule has 0 aliphatic carbocycles. The molecule has 2 rings (SSSR count). The van der Waals surface area contributed by atoms with Gasteiger partial charge in [0.2, 0.25) is 0 Å². The minimum absolute atomic E-state index is 0.546. The van der Waals surface area contributed by atoms with Gasteiger partial charge in [0.1, 0.15) is 12.4 Å². The van der Waals surface area contributed by atoms with Gasteiger partial charge in [-0.1, -0.05) is 6.08 Å². The number of nitrogen functional groups attached to an aromatic ring is 1. The maximum absolute atomic E-state index is 5.71. The Hall–Kier alpha value is -1.81. The predicted octanol–water partition coefficient (Wildman–Crippen LogP) is 3.34. The van der Waals surface area contributed by atoms with Gasteiger partial charge in [-0.25, -0.2) is 4.98 Å². The largest absolute Gasteiger partial charge is 0.488 e. The molecule has 0 aliphatic rings. The second kappa shape index (κ2) is 5.69. The van der Waals surface area contributed by atoms with Gasteiger partial charge in [0.25, 0.3) is 0 Å². The number of nitrogens with zero attached hydrogens (tertiary/aromatic N) is 1. The summed E-state index contributed by atoms with van der Waals surface area (Å²) in [4.78, 5) is 5.63. The Bertz CT molecular complexity index is 531. The van der Waals surface area contributed by atoms with Crippen molar-refractivity contribution in [2.24, 2.45) is 0 Å². The van der Waals surface area contributed by atoms with Crippen molar-refractivity contribution in [3.05, 3.63) is 52.5 Å². The highest BCUT2D eigenvalue weighted by Gasteiger charge is 2.07. The number of aryl methyl sites for hydroxylation is 1. The molecule has 0 fully saturated rings. The molecule has 2 aromatic rings. The Morgan fingerprint density at radius 1 is 1.39 bits per heavy atom. The lowest BCUT2D eigenvalue weighted by atomic mass is 10.3. The van der Waals surface area contributed by atoms with Crippen LogP contribution in [0.25, 0.3) is 0 Å². The molecule has 3 nitrogen and oxygen atoms in total. The molecule has 0 bridgehead atoms. The van der Waals surface area contributed by atoms with Crippen molar-refractivity contribution in [3.8, 4) is 5.75 Å². The van der Waals surface area contributed by atoms with E-state index in [1.807, 2.05) is 37.3 Å². The highest BCUT2D eigenvalue weighted by atomic mass is 32.1. The number of ether oxygens (including phenoxy) is 1. The van der Waals surface area contributed by atoms with Gasteiger partial charge in [0, 0.05) is 12.1 Å². The smallest absolute Gasteiger partial charge is 0.124 e. The lowest BCUT2D eigenvalue weighted by molar-refractivity contribution is 0.309. The zero-order chi connectivity index (χ0) is 13.0. The van der Waals surface area contributed by atoms with E-state index >= 15 is 0 Å². The van der Waals surface area contributed by atoms with E-state index in [-0.39, 0.29) is 0 Å². The van der Waals surface area contributed by atoms with Crippen LogP contribution in [-0.2, 0) is 13.0 Å². The third-order valence-electron chi connectivity index (χ3n) is 2.51. The minimum Gasteiger partial charge on any atom is -0.488 e. The summed E-state index contributed by atoms with van der Waals surface area (Å²) in [6, 6.07) is 7.41. The van der Waals surface area contributed by atoms with Crippen molar-refractivity contribution in [1.29, 1.82) is 0 Å². The molecule has 0 spiro atoms. The van der Waals surface area contributed by atoms with Crippen LogP contribution in [0.1, 0.15) is 15.6 Å². The van der Waals surface area contributed by atoms with E-state index in [2.05, 4.69) is 11.6 Å². The predicted molar refractivity (Wildman–Crippen MR) is 75.9 cm³/mol. The van der Waals surface area contributed by atoms with Crippen molar-refractivity contribution in [2.45, 2.75) is 20.0 Å². The highest BCUT2D eigenvalue weighted by Crippen LogP contribution is 2.21. The van der Waals surface area contributed by atoms with Crippen LogP contribution in [0.5, 0.6) is 5.75 Å². The molecule has 2 N–H and O–H groups in total. The van der Waals surface area contributed by atoms with Gasteiger partial charge >= 0.3 is 0 Å². The number of hydrogen-bond acceptors (Lipinski definition) is 4. The van der Waals surface area contributed by atoms with E-state index < -0.39 is 0 Å². The summed E-state index contributed by atoms with van der Waals surface area (Å²) in [6.07, 6.45) is 2.68. The Labute approximate surface area is 111 Å². The number of hydrogen-bond donors (Lipinski definition) is 1. The van der Waals surface area contributed by atoms with Crippen LogP contribution >= 0.6 is 11.3 Å². The lowest BCUT2D eigenvalue weighted by Gasteiger charge is -2.04. The Kier molecular flexibility index (Phi) is 3.99. The van der Waals surface area contributed by atoms with Crippen LogP contribution in [0.2, 0.25) is 0 Å². The first-order valence-corrected chi connectivity index (χ1v) is 6.55. The highest BCUT2D eigenvalue weighted by molar-refractivity contribution is 7.11. The summed E-state index contributed by atoms with van der Waals surface area (Å²) in [7, 11) is 0. The van der Waals surface area contributed by atoms with Crippen molar-refractivity contribution >= 4 is 17.0 Å². The SMILES string of the molecule is C=CCc1nc(C)c(COc2ccc(N)cc2)s1. The molecular weight excluding hydrogens is 244 g/mol. The van der Waals surface area contributed by atoms with Crippen LogP contribution in [0.3, 0.4) is 0 Å². The van der Waals surface area contributed by atoms with Crippen molar-refractivity contribution in [3.63, 3.8) is 0 Å². The molecule has 0 amide bonds. The monoisotopic (exact) mass is 260 g/mol. The quantitative estimate of drug-likeness (QED) is 0.662. The summed E-state index contributed by atoms with van der Waals surface area (Å²) in [5, 5.41) is 1.08. The average molecular weight is 260 g/mol. The number of allylic oxidation sites excluding steroid dienone is 1. The van der Waals surface area contributed by atoms with E-state index in [0.717, 1.165) is 33.4 Å². The molecule has 0 atom stereocenters. The summed E-state index contributed by atoms with van der Waals surface area (Å²) in [5.74, 6) is 0.822. The van der Waals surface area contributed by atoms with E-state index in [1.165, 1.54) is 0 Å². The molecule has 0 saturated carbocycles. The normalized spacial score (nSPS) is 10.3. The zero-order valence-electron chi connectivity index (χ0n) is 10.3. The van der Waals surface area contributed by atoms with Gasteiger partial charge in [-0.15, -0.1) is 17.9 Å². The first kappa shape index (κ1) is 12.6. The van der Waals surface area contributed by atoms with Crippen LogP contribution in [0.4, 0.5) is 5.69 Å². The van der Waals surface area contributed by atoms with Crippen LogP contribution in [0, 0.1) is 6.92 Å². The van der Waals surface area contributed by atoms with Gasteiger partial charge in [0.15, 0.2) is 0 Å². The number of benzene rings is 1. The third-order valence-corrected chi connectivity index (χ3v) is 3.66. The van der Waals surface area contributed by atoms with E-state index in [4.69, 9.17) is 10.5 Å². The van der Waals surface area contributed by atoms with Crippen molar-refractivity contribution in [1.82, 2.24) is 4.98 Å². The van der Waals surface area contributed by atoms with Crippen LogP contribution in [-0.4, -0.2) is 4.98 Å². The van der Waals surface area contributed by atoms with Crippen molar-refractivity contribution < 1.29 is 4.74 Å². The van der Waals surface area contributed by atoms with E-state index in [9.17, 15) is 0 Å². The molecule has 1 aromatic carbocycles. The molecule has 0 saturated heterocycles. The fourth-order valence-electron chi connectivity index (χ4n) is 1.55. The molecule has 94 valence electrons. The third kappa shape index (κ3) is 3.11. The first-order chi connectivity index (χ1) is 8.69. The maximum atomic E-state index is 5.71. The summed E-state index contributed by atoms with van der Waals surface area (Å²) >= 11 is 1.67. The van der Waals surface area contributed by atoms with Gasteiger partial charge in [0.05, 0.1) is 15.6 Å². The van der Waals surface area contributed by atoms with Crippen LogP contribution in [0.15, 0.2) is 36.9 Å². The van der Waals surface area contributed by atoms with Gasteiger partial charge in [-0.3, -0.25) is 0 Å². The molecule has 0 aliphatic heterocycles.